The van der Waals surface area contributed by atoms with E-state index in [9.17, 15) is 4.79 Å². The molecule has 0 atom stereocenters. The Kier molecular flexibility index (Phi) is 5.68. The van der Waals surface area contributed by atoms with Gasteiger partial charge in [-0.3, -0.25) is 4.98 Å². The van der Waals surface area contributed by atoms with Gasteiger partial charge in [-0.05, 0) is 57.7 Å². The number of urea groups is 1. The molecule has 0 unspecified atom stereocenters. The van der Waals surface area contributed by atoms with Crippen molar-refractivity contribution in [2.45, 2.75) is 25.4 Å². The standard InChI is InChI=1S/C18H29N5O/c1-20-9-5-17(6-10-20)23(15-16-3-7-19-8-4-16)18(24)22-13-11-21(2)12-14-22/h3-4,7-8,17H,5-6,9-15H2,1-2H3. The minimum Gasteiger partial charge on any atom is -0.322 e. The molecule has 24 heavy (non-hydrogen) atoms. The Bertz CT molecular complexity index is 521. The molecule has 0 bridgehead atoms. The first-order valence-electron chi connectivity index (χ1n) is 8.95. The molecule has 132 valence electrons. The molecular formula is C18H29N5O. The third kappa shape index (κ3) is 4.24. The summed E-state index contributed by atoms with van der Waals surface area (Å²) in [6.07, 6.45) is 5.73. The summed E-state index contributed by atoms with van der Waals surface area (Å²) >= 11 is 0. The van der Waals surface area contributed by atoms with Crippen LogP contribution in [0.1, 0.15) is 18.4 Å². The van der Waals surface area contributed by atoms with E-state index in [0.717, 1.165) is 57.7 Å². The van der Waals surface area contributed by atoms with Crippen LogP contribution in [0.4, 0.5) is 4.79 Å². The van der Waals surface area contributed by atoms with Crippen molar-refractivity contribution in [1.29, 1.82) is 0 Å². The van der Waals surface area contributed by atoms with E-state index in [4.69, 9.17) is 0 Å². The number of amides is 2. The van der Waals surface area contributed by atoms with Gasteiger partial charge in [-0.1, -0.05) is 0 Å². The molecule has 2 amide bonds. The van der Waals surface area contributed by atoms with Crippen LogP contribution in [0, 0.1) is 0 Å². The summed E-state index contributed by atoms with van der Waals surface area (Å²) in [5, 5.41) is 0. The summed E-state index contributed by atoms with van der Waals surface area (Å²) in [5.41, 5.74) is 1.16. The Morgan fingerprint density at radius 1 is 1.04 bits per heavy atom. The Morgan fingerprint density at radius 2 is 1.62 bits per heavy atom. The van der Waals surface area contributed by atoms with Crippen molar-refractivity contribution in [2.24, 2.45) is 0 Å². The van der Waals surface area contributed by atoms with Gasteiger partial charge in [0.25, 0.3) is 0 Å². The van der Waals surface area contributed by atoms with Gasteiger partial charge >= 0.3 is 6.03 Å². The fraction of sp³-hybridized carbons (Fsp3) is 0.667. The van der Waals surface area contributed by atoms with E-state index >= 15 is 0 Å². The molecule has 2 aliphatic rings. The van der Waals surface area contributed by atoms with E-state index in [1.807, 2.05) is 29.4 Å². The highest BCUT2D eigenvalue weighted by molar-refractivity contribution is 5.75. The average Bonchev–Trinajstić information content (AvgIpc) is 2.62. The zero-order valence-corrected chi connectivity index (χ0v) is 14.9. The van der Waals surface area contributed by atoms with Crippen molar-refractivity contribution in [2.75, 3.05) is 53.4 Å². The van der Waals surface area contributed by atoms with Crippen LogP contribution in [0.25, 0.3) is 0 Å². The van der Waals surface area contributed by atoms with Crippen molar-refractivity contribution in [3.8, 4) is 0 Å². The molecule has 6 heteroatoms. The Labute approximate surface area is 145 Å². The predicted octanol–water partition coefficient (Wildman–Crippen LogP) is 1.35. The van der Waals surface area contributed by atoms with Crippen LogP contribution in [-0.4, -0.2) is 90.0 Å². The summed E-state index contributed by atoms with van der Waals surface area (Å²) in [7, 11) is 4.28. The van der Waals surface area contributed by atoms with Gasteiger partial charge in [-0.2, -0.15) is 0 Å². The summed E-state index contributed by atoms with van der Waals surface area (Å²) in [5.74, 6) is 0. The number of likely N-dealkylation sites (tertiary alicyclic amines) is 1. The van der Waals surface area contributed by atoms with Crippen LogP contribution in [-0.2, 0) is 6.54 Å². The number of piperidine rings is 1. The number of aromatic nitrogens is 1. The molecule has 2 aliphatic heterocycles. The molecule has 0 N–H and O–H groups in total. The largest absolute Gasteiger partial charge is 0.322 e. The number of rotatable bonds is 3. The fourth-order valence-corrected chi connectivity index (χ4v) is 3.52. The number of hydrogen-bond donors (Lipinski definition) is 0. The quantitative estimate of drug-likeness (QED) is 0.838. The molecule has 6 nitrogen and oxygen atoms in total. The number of piperazine rings is 1. The first kappa shape index (κ1) is 17.2. The fourth-order valence-electron chi connectivity index (χ4n) is 3.52. The predicted molar refractivity (Wildman–Crippen MR) is 94.8 cm³/mol. The molecule has 0 aliphatic carbocycles. The SMILES string of the molecule is CN1CCC(N(Cc2ccncc2)C(=O)N2CCN(C)CC2)CC1. The smallest absolute Gasteiger partial charge is 0.320 e. The van der Waals surface area contributed by atoms with Gasteiger partial charge in [0.2, 0.25) is 0 Å². The Morgan fingerprint density at radius 3 is 2.25 bits per heavy atom. The van der Waals surface area contributed by atoms with Gasteiger partial charge in [0.1, 0.15) is 0 Å². The van der Waals surface area contributed by atoms with Gasteiger partial charge in [-0.25, -0.2) is 4.79 Å². The van der Waals surface area contributed by atoms with Gasteiger partial charge < -0.3 is 19.6 Å². The number of carbonyl (C=O) groups is 1. The lowest BCUT2D eigenvalue weighted by Gasteiger charge is -2.41. The first-order chi connectivity index (χ1) is 11.6. The summed E-state index contributed by atoms with van der Waals surface area (Å²) < 4.78 is 0. The van der Waals surface area contributed by atoms with Crippen LogP contribution in [0.3, 0.4) is 0 Å². The molecule has 2 saturated heterocycles. The van der Waals surface area contributed by atoms with Crippen molar-refractivity contribution in [3.05, 3.63) is 30.1 Å². The molecule has 0 saturated carbocycles. The van der Waals surface area contributed by atoms with Crippen molar-refractivity contribution in [1.82, 2.24) is 24.6 Å². The lowest BCUT2D eigenvalue weighted by Crippen LogP contribution is -2.55. The van der Waals surface area contributed by atoms with Crippen molar-refractivity contribution in [3.63, 3.8) is 0 Å². The number of hydrogen-bond acceptors (Lipinski definition) is 4. The van der Waals surface area contributed by atoms with Gasteiger partial charge in [0.05, 0.1) is 0 Å². The second-order valence-corrected chi connectivity index (χ2v) is 7.09. The summed E-state index contributed by atoms with van der Waals surface area (Å²) in [6.45, 7) is 6.39. The maximum absolute atomic E-state index is 13.2. The van der Waals surface area contributed by atoms with E-state index in [2.05, 4.69) is 33.8 Å². The minimum atomic E-state index is 0.203. The second kappa shape index (κ2) is 7.94. The number of carbonyl (C=O) groups excluding carboxylic acids is 1. The molecule has 1 aromatic rings. The molecule has 0 spiro atoms. The first-order valence-corrected chi connectivity index (χ1v) is 8.95. The highest BCUT2D eigenvalue weighted by atomic mass is 16.2. The zero-order valence-electron chi connectivity index (χ0n) is 14.9. The third-order valence-corrected chi connectivity index (χ3v) is 5.25. The lowest BCUT2D eigenvalue weighted by atomic mass is 10.0. The molecule has 2 fully saturated rings. The Balaban J connectivity index is 1.72. The molecular weight excluding hydrogens is 302 g/mol. The van der Waals surface area contributed by atoms with Crippen molar-refractivity contribution >= 4 is 6.03 Å². The van der Waals surface area contributed by atoms with Crippen LogP contribution in [0.15, 0.2) is 24.5 Å². The molecule has 1 aromatic heterocycles. The maximum atomic E-state index is 13.2. The Hall–Kier alpha value is -1.66. The number of likely N-dealkylation sites (N-methyl/N-ethyl adjacent to an activating group) is 1. The van der Waals surface area contributed by atoms with Gasteiger partial charge in [0.15, 0.2) is 0 Å². The van der Waals surface area contributed by atoms with E-state index in [1.165, 1.54) is 0 Å². The highest BCUT2D eigenvalue weighted by Crippen LogP contribution is 2.20. The molecule has 0 radical (unpaired) electrons. The normalized spacial score (nSPS) is 21.0. The molecule has 0 aromatic carbocycles. The van der Waals surface area contributed by atoms with Crippen molar-refractivity contribution < 1.29 is 4.79 Å². The minimum absolute atomic E-state index is 0.203. The third-order valence-electron chi connectivity index (χ3n) is 5.25. The molecule has 3 heterocycles. The van der Waals surface area contributed by atoms with E-state index in [1.54, 1.807) is 0 Å². The zero-order chi connectivity index (χ0) is 16.9. The van der Waals surface area contributed by atoms with Crippen LogP contribution in [0.2, 0.25) is 0 Å². The van der Waals surface area contributed by atoms with Gasteiger partial charge in [0, 0.05) is 51.2 Å². The van der Waals surface area contributed by atoms with Crippen LogP contribution in [0.5, 0.6) is 0 Å². The van der Waals surface area contributed by atoms with E-state index in [-0.39, 0.29) is 6.03 Å². The second-order valence-electron chi connectivity index (χ2n) is 7.09. The van der Waals surface area contributed by atoms with Gasteiger partial charge in [-0.15, -0.1) is 0 Å². The molecule has 3 rings (SSSR count). The topological polar surface area (TPSA) is 42.9 Å². The lowest BCUT2D eigenvalue weighted by molar-refractivity contribution is 0.0852. The van der Waals surface area contributed by atoms with Crippen LogP contribution >= 0.6 is 0 Å². The highest BCUT2D eigenvalue weighted by Gasteiger charge is 2.31. The van der Waals surface area contributed by atoms with E-state index < -0.39 is 0 Å². The van der Waals surface area contributed by atoms with Crippen LogP contribution < -0.4 is 0 Å². The maximum Gasteiger partial charge on any atom is 0.320 e. The van der Waals surface area contributed by atoms with E-state index in [0.29, 0.717) is 12.6 Å². The summed E-state index contributed by atoms with van der Waals surface area (Å²) in [4.78, 5) is 26.1. The number of pyridine rings is 1. The average molecular weight is 331 g/mol. The number of nitrogens with zero attached hydrogens (tertiary/aromatic N) is 5. The monoisotopic (exact) mass is 331 g/mol. The summed E-state index contributed by atoms with van der Waals surface area (Å²) in [6, 6.07) is 4.56.